The molecule has 0 saturated carbocycles. The Morgan fingerprint density at radius 1 is 0.969 bits per heavy atom. The van der Waals surface area contributed by atoms with E-state index in [0.717, 1.165) is 5.56 Å². The number of amides is 2. The molecule has 0 spiro atoms. The van der Waals surface area contributed by atoms with Crippen molar-refractivity contribution in [2.75, 3.05) is 16.4 Å². The smallest absolute Gasteiger partial charge is 0.234 e. The highest BCUT2D eigenvalue weighted by molar-refractivity contribution is 7.99. The number of benzene rings is 2. The minimum Gasteiger partial charge on any atom is -0.325 e. The number of carbonyl (C=O) groups is 2. The van der Waals surface area contributed by atoms with Gasteiger partial charge in [-0.3, -0.25) is 9.59 Å². The van der Waals surface area contributed by atoms with Crippen molar-refractivity contribution in [1.82, 2.24) is 14.8 Å². The van der Waals surface area contributed by atoms with E-state index in [1.54, 1.807) is 41.0 Å². The third-order valence-corrected chi connectivity index (χ3v) is 6.72. The van der Waals surface area contributed by atoms with E-state index in [1.807, 2.05) is 13.8 Å². The van der Waals surface area contributed by atoms with Crippen LogP contribution < -0.4 is 10.6 Å². The fourth-order valence-electron chi connectivity index (χ4n) is 2.87. The molecule has 0 unspecified atom stereocenters. The van der Waals surface area contributed by atoms with Gasteiger partial charge in [0.05, 0.1) is 27.9 Å². The van der Waals surface area contributed by atoms with Crippen LogP contribution in [0.4, 0.5) is 11.4 Å². The summed E-state index contributed by atoms with van der Waals surface area (Å²) in [6.45, 7) is 4.30. The zero-order valence-electron chi connectivity index (χ0n) is 17.3. The molecule has 0 aliphatic rings. The van der Waals surface area contributed by atoms with E-state index < -0.39 is 0 Å². The van der Waals surface area contributed by atoms with Gasteiger partial charge in [0.2, 0.25) is 11.8 Å². The van der Waals surface area contributed by atoms with Gasteiger partial charge in [0.15, 0.2) is 5.16 Å². The first-order chi connectivity index (χ1) is 15.3. The summed E-state index contributed by atoms with van der Waals surface area (Å²) in [4.78, 5) is 24.9. The number of carbonyl (C=O) groups excluding carboxylic acids is 2. The van der Waals surface area contributed by atoms with Crippen LogP contribution in [0.1, 0.15) is 18.3 Å². The number of rotatable bonds is 8. The van der Waals surface area contributed by atoms with Gasteiger partial charge >= 0.3 is 0 Å². The lowest BCUT2D eigenvalue weighted by Crippen LogP contribution is -2.18. The van der Waals surface area contributed by atoms with Crippen molar-refractivity contribution in [2.45, 2.75) is 32.0 Å². The lowest BCUT2D eigenvalue weighted by Gasteiger charge is -2.10. The Hall–Kier alpha value is -2.26. The number of thioether (sulfide) groups is 1. The molecule has 1 aromatic heterocycles. The average molecular weight is 513 g/mol. The first-order valence-corrected chi connectivity index (χ1v) is 11.8. The third-order valence-electron chi connectivity index (χ3n) is 4.53. The number of hydrogen-bond donors (Lipinski definition) is 2. The van der Waals surface area contributed by atoms with Gasteiger partial charge in [0.25, 0.3) is 0 Å². The Kier molecular flexibility index (Phi) is 8.42. The Morgan fingerprint density at radius 3 is 2.34 bits per heavy atom. The molecule has 7 nitrogen and oxygen atoms in total. The number of hydrogen-bond acceptors (Lipinski definition) is 5. The van der Waals surface area contributed by atoms with E-state index >= 15 is 0 Å². The van der Waals surface area contributed by atoms with Crippen molar-refractivity contribution >= 4 is 69.8 Å². The maximum atomic E-state index is 12.5. The van der Waals surface area contributed by atoms with Crippen molar-refractivity contribution in [2.24, 2.45) is 0 Å². The summed E-state index contributed by atoms with van der Waals surface area (Å²) < 4.78 is 1.79. The van der Waals surface area contributed by atoms with E-state index in [2.05, 4.69) is 20.8 Å². The number of aromatic nitrogens is 3. The monoisotopic (exact) mass is 511 g/mol. The predicted molar refractivity (Wildman–Crippen MR) is 130 cm³/mol. The summed E-state index contributed by atoms with van der Waals surface area (Å²) in [6.07, 6.45) is -0.00184. The molecule has 0 fully saturated rings. The van der Waals surface area contributed by atoms with Gasteiger partial charge in [-0.1, -0.05) is 58.7 Å². The molecule has 168 valence electrons. The SMILES string of the molecule is CCn1c(CC(=O)Nc2cccc(Cl)c2Cl)nnc1SCC(=O)Nc1cccc(Cl)c1C. The van der Waals surface area contributed by atoms with Crippen molar-refractivity contribution in [3.05, 3.63) is 62.9 Å². The van der Waals surface area contributed by atoms with Crippen LogP contribution in [-0.2, 0) is 22.6 Å². The maximum Gasteiger partial charge on any atom is 0.234 e. The number of halogens is 3. The van der Waals surface area contributed by atoms with Gasteiger partial charge in [-0.25, -0.2) is 0 Å². The van der Waals surface area contributed by atoms with Gasteiger partial charge in [-0.15, -0.1) is 10.2 Å². The number of anilines is 2. The molecule has 11 heteroatoms. The summed E-state index contributed by atoms with van der Waals surface area (Å²) in [6, 6.07) is 10.3. The largest absolute Gasteiger partial charge is 0.325 e. The van der Waals surface area contributed by atoms with Gasteiger partial charge < -0.3 is 15.2 Å². The highest BCUT2D eigenvalue weighted by atomic mass is 35.5. The van der Waals surface area contributed by atoms with Crippen molar-refractivity contribution < 1.29 is 9.59 Å². The summed E-state index contributed by atoms with van der Waals surface area (Å²) >= 11 is 19.4. The first kappa shape index (κ1) is 24.4. The summed E-state index contributed by atoms with van der Waals surface area (Å²) in [5.74, 6) is 0.119. The van der Waals surface area contributed by atoms with Crippen LogP contribution in [0.5, 0.6) is 0 Å². The first-order valence-electron chi connectivity index (χ1n) is 9.63. The quantitative estimate of drug-likeness (QED) is 0.390. The van der Waals surface area contributed by atoms with Crippen LogP contribution in [-0.4, -0.2) is 32.3 Å². The van der Waals surface area contributed by atoms with E-state index in [9.17, 15) is 9.59 Å². The third kappa shape index (κ3) is 5.95. The molecule has 3 aromatic rings. The van der Waals surface area contributed by atoms with Gasteiger partial charge in [0.1, 0.15) is 5.82 Å². The second-order valence-corrected chi connectivity index (χ2v) is 8.85. The summed E-state index contributed by atoms with van der Waals surface area (Å²) in [5, 5.41) is 15.6. The van der Waals surface area contributed by atoms with Gasteiger partial charge in [0, 0.05) is 17.3 Å². The van der Waals surface area contributed by atoms with E-state index in [0.29, 0.717) is 38.9 Å². The second-order valence-electron chi connectivity index (χ2n) is 6.72. The molecular formula is C21H20Cl3N5O2S. The van der Waals surface area contributed by atoms with Crippen molar-refractivity contribution in [1.29, 1.82) is 0 Å². The van der Waals surface area contributed by atoms with Crippen LogP contribution in [0, 0.1) is 6.92 Å². The van der Waals surface area contributed by atoms with Crippen molar-refractivity contribution in [3.63, 3.8) is 0 Å². The van der Waals surface area contributed by atoms with Crippen LogP contribution in [0.3, 0.4) is 0 Å². The van der Waals surface area contributed by atoms with Crippen LogP contribution in [0.15, 0.2) is 41.6 Å². The minimum absolute atomic E-state index is 0.00184. The summed E-state index contributed by atoms with van der Waals surface area (Å²) in [7, 11) is 0. The highest BCUT2D eigenvalue weighted by Gasteiger charge is 2.17. The topological polar surface area (TPSA) is 88.9 Å². The second kappa shape index (κ2) is 11.0. The van der Waals surface area contributed by atoms with E-state index in [-0.39, 0.29) is 29.0 Å². The molecule has 1 heterocycles. The fourth-order valence-corrected chi connectivity index (χ4v) is 4.22. The summed E-state index contributed by atoms with van der Waals surface area (Å²) in [5.41, 5.74) is 1.89. The molecule has 2 aromatic carbocycles. The number of nitrogens with zero attached hydrogens (tertiary/aromatic N) is 3. The lowest BCUT2D eigenvalue weighted by atomic mass is 10.2. The Balaban J connectivity index is 1.61. The molecule has 32 heavy (non-hydrogen) atoms. The highest BCUT2D eigenvalue weighted by Crippen LogP contribution is 2.29. The molecule has 0 bridgehead atoms. The fraction of sp³-hybridized carbons (Fsp3) is 0.238. The maximum absolute atomic E-state index is 12.5. The zero-order chi connectivity index (χ0) is 23.3. The lowest BCUT2D eigenvalue weighted by molar-refractivity contribution is -0.116. The molecule has 2 N–H and O–H groups in total. The Labute approximate surface area is 204 Å². The van der Waals surface area contributed by atoms with E-state index in [1.165, 1.54) is 11.8 Å². The van der Waals surface area contributed by atoms with Gasteiger partial charge in [-0.05, 0) is 43.7 Å². The van der Waals surface area contributed by atoms with Crippen LogP contribution in [0.2, 0.25) is 15.1 Å². The minimum atomic E-state index is -0.304. The molecule has 2 amide bonds. The molecule has 3 rings (SSSR count). The molecule has 0 radical (unpaired) electrons. The zero-order valence-corrected chi connectivity index (χ0v) is 20.4. The standard InChI is InChI=1S/C21H20Cl3N5O2S/c1-3-29-17(10-18(30)26-16-9-5-7-14(23)20(16)24)27-28-21(29)32-11-19(31)25-15-8-4-6-13(22)12(15)2/h4-9H,3,10-11H2,1-2H3,(H,25,31)(H,26,30). The Bertz CT molecular complexity index is 1150. The van der Waals surface area contributed by atoms with Crippen LogP contribution in [0.25, 0.3) is 0 Å². The average Bonchev–Trinajstić information content (AvgIpc) is 3.14. The molecule has 0 saturated heterocycles. The molecule has 0 aliphatic heterocycles. The molecular weight excluding hydrogens is 493 g/mol. The predicted octanol–water partition coefficient (Wildman–Crippen LogP) is 5.48. The normalized spacial score (nSPS) is 10.8. The van der Waals surface area contributed by atoms with Gasteiger partial charge in [-0.2, -0.15) is 0 Å². The molecule has 0 aliphatic carbocycles. The molecule has 0 atom stereocenters. The van der Waals surface area contributed by atoms with E-state index in [4.69, 9.17) is 34.8 Å². The van der Waals surface area contributed by atoms with Crippen LogP contribution >= 0.6 is 46.6 Å². The Morgan fingerprint density at radius 2 is 1.62 bits per heavy atom. The number of nitrogens with one attached hydrogen (secondary N) is 2. The van der Waals surface area contributed by atoms with Crippen molar-refractivity contribution in [3.8, 4) is 0 Å².